The Morgan fingerprint density at radius 2 is 1.80 bits per heavy atom. The summed E-state index contributed by atoms with van der Waals surface area (Å²) in [7, 11) is 0. The van der Waals surface area contributed by atoms with Crippen LogP contribution in [0.1, 0.15) is 5.56 Å². The molecule has 0 aliphatic rings. The number of fused-ring (bicyclic) bond motifs is 1. The molecule has 2 nitrogen and oxygen atoms in total. The molecule has 0 fully saturated rings. The van der Waals surface area contributed by atoms with Gasteiger partial charge in [0.15, 0.2) is 0 Å². The zero-order chi connectivity index (χ0) is 10.7. The lowest BCUT2D eigenvalue weighted by Gasteiger charge is -2.04. The van der Waals surface area contributed by atoms with Gasteiger partial charge in [-0.1, -0.05) is 30.3 Å². The van der Waals surface area contributed by atoms with Gasteiger partial charge in [-0.05, 0) is 23.1 Å². The normalized spacial score (nSPS) is 10.6. The van der Waals surface area contributed by atoms with Crippen molar-refractivity contribution in [1.82, 2.24) is 0 Å². The average Bonchev–Trinajstić information content (AvgIpc) is 2.29. The summed E-state index contributed by atoms with van der Waals surface area (Å²) in [6, 6.07) is 13.7. The summed E-state index contributed by atoms with van der Waals surface area (Å²) < 4.78 is 0. The lowest BCUT2D eigenvalue weighted by molar-refractivity contribution is 1.54. The third-order valence-electron chi connectivity index (χ3n) is 2.33. The predicted molar refractivity (Wildman–Crippen MR) is 63.0 cm³/mol. The molecule has 0 radical (unpaired) electrons. The highest BCUT2D eigenvalue weighted by molar-refractivity contribution is 5.98. The van der Waals surface area contributed by atoms with Crippen molar-refractivity contribution in [3.05, 3.63) is 48.0 Å². The first-order valence-electron chi connectivity index (χ1n) is 4.66. The van der Waals surface area contributed by atoms with Crippen molar-refractivity contribution < 1.29 is 0 Å². The molecule has 0 unspecified atom stereocenters. The molecule has 2 heteroatoms. The van der Waals surface area contributed by atoms with Gasteiger partial charge < -0.3 is 5.73 Å². The Morgan fingerprint density at radius 1 is 1.07 bits per heavy atom. The first-order chi connectivity index (χ1) is 7.33. The van der Waals surface area contributed by atoms with Crippen LogP contribution in [0, 0.1) is 11.3 Å². The molecule has 15 heavy (non-hydrogen) atoms. The average molecular weight is 194 g/mol. The first kappa shape index (κ1) is 9.29. The second kappa shape index (κ2) is 3.85. The summed E-state index contributed by atoms with van der Waals surface area (Å²) in [5, 5.41) is 10.6. The molecule has 2 rings (SSSR count). The monoisotopic (exact) mass is 194 g/mol. The van der Waals surface area contributed by atoms with Crippen LogP contribution in [0.4, 0.5) is 5.69 Å². The van der Waals surface area contributed by atoms with Gasteiger partial charge in [0.05, 0.1) is 6.07 Å². The first-order valence-corrected chi connectivity index (χ1v) is 4.66. The van der Waals surface area contributed by atoms with E-state index in [1.807, 2.05) is 42.5 Å². The Balaban J connectivity index is 2.73. The molecule has 0 bridgehead atoms. The maximum absolute atomic E-state index is 8.49. The summed E-state index contributed by atoms with van der Waals surface area (Å²) >= 11 is 0. The maximum Gasteiger partial charge on any atom is 0.0912 e. The van der Waals surface area contributed by atoms with E-state index < -0.39 is 0 Å². The zero-order valence-electron chi connectivity index (χ0n) is 8.14. The summed E-state index contributed by atoms with van der Waals surface area (Å²) in [6.07, 6.45) is 3.26. The van der Waals surface area contributed by atoms with E-state index in [4.69, 9.17) is 11.0 Å². The van der Waals surface area contributed by atoms with Gasteiger partial charge in [-0.3, -0.25) is 0 Å². The van der Waals surface area contributed by atoms with Gasteiger partial charge in [-0.15, -0.1) is 0 Å². The Kier molecular flexibility index (Phi) is 2.38. The van der Waals surface area contributed by atoms with Crippen molar-refractivity contribution in [3.63, 3.8) is 0 Å². The number of hydrogen-bond donors (Lipinski definition) is 1. The molecule has 2 aromatic rings. The van der Waals surface area contributed by atoms with Crippen LogP contribution in [0.25, 0.3) is 16.8 Å². The Bertz CT molecular complexity index is 562. The van der Waals surface area contributed by atoms with Crippen molar-refractivity contribution in [2.24, 2.45) is 0 Å². The Labute approximate surface area is 88.3 Å². The number of rotatable bonds is 1. The molecule has 0 aliphatic heterocycles. The van der Waals surface area contributed by atoms with Crippen molar-refractivity contribution >= 4 is 22.5 Å². The fourth-order valence-electron chi connectivity index (χ4n) is 1.62. The Morgan fingerprint density at radius 3 is 2.53 bits per heavy atom. The van der Waals surface area contributed by atoms with E-state index in [0.717, 1.165) is 22.0 Å². The third-order valence-corrected chi connectivity index (χ3v) is 2.33. The summed E-state index contributed by atoms with van der Waals surface area (Å²) in [5.74, 6) is 0. The van der Waals surface area contributed by atoms with E-state index in [2.05, 4.69) is 0 Å². The predicted octanol–water partition coefficient (Wildman–Crippen LogP) is 2.96. The van der Waals surface area contributed by atoms with Crippen LogP contribution in [0.15, 0.2) is 42.5 Å². The molecule has 0 saturated carbocycles. The number of nitrogens with zero attached hydrogens (tertiary/aromatic N) is 1. The molecule has 72 valence electrons. The van der Waals surface area contributed by atoms with Crippen LogP contribution in [0.2, 0.25) is 0 Å². The Hall–Kier alpha value is -2.27. The molecule has 0 aliphatic carbocycles. The van der Waals surface area contributed by atoms with E-state index in [1.54, 1.807) is 6.08 Å². The minimum atomic E-state index is 0.764. The van der Waals surface area contributed by atoms with Gasteiger partial charge in [-0.2, -0.15) is 5.26 Å². The van der Waals surface area contributed by atoms with Gasteiger partial charge in [0.2, 0.25) is 0 Å². The molecule has 0 heterocycles. The molecule has 0 saturated heterocycles. The van der Waals surface area contributed by atoms with Crippen molar-refractivity contribution in [3.8, 4) is 6.07 Å². The summed E-state index contributed by atoms with van der Waals surface area (Å²) in [4.78, 5) is 0. The number of nitrogen functional groups attached to an aromatic ring is 1. The van der Waals surface area contributed by atoms with Crippen LogP contribution >= 0.6 is 0 Å². The van der Waals surface area contributed by atoms with E-state index in [1.165, 1.54) is 6.08 Å². The molecular weight excluding hydrogens is 184 g/mol. The zero-order valence-corrected chi connectivity index (χ0v) is 8.14. The van der Waals surface area contributed by atoms with Gasteiger partial charge in [-0.25, -0.2) is 0 Å². The summed E-state index contributed by atoms with van der Waals surface area (Å²) in [6.45, 7) is 0. The molecule has 2 aromatic carbocycles. The largest absolute Gasteiger partial charge is 0.398 e. The van der Waals surface area contributed by atoms with Gasteiger partial charge in [0, 0.05) is 17.1 Å². The van der Waals surface area contributed by atoms with E-state index >= 15 is 0 Å². The smallest absolute Gasteiger partial charge is 0.0912 e. The minimum Gasteiger partial charge on any atom is -0.398 e. The quantitative estimate of drug-likeness (QED) is 0.560. The minimum absolute atomic E-state index is 0.764. The van der Waals surface area contributed by atoms with Gasteiger partial charge >= 0.3 is 0 Å². The van der Waals surface area contributed by atoms with Crippen LogP contribution in [0.5, 0.6) is 0 Å². The maximum atomic E-state index is 8.49. The van der Waals surface area contributed by atoms with E-state index in [0.29, 0.717) is 0 Å². The molecular formula is C13H10N2. The third kappa shape index (κ3) is 1.68. The number of benzene rings is 2. The highest BCUT2D eigenvalue weighted by Gasteiger charge is 2.00. The van der Waals surface area contributed by atoms with Crippen LogP contribution < -0.4 is 5.73 Å². The van der Waals surface area contributed by atoms with Crippen LogP contribution in [-0.2, 0) is 0 Å². The fraction of sp³-hybridized carbons (Fsp3) is 0. The standard InChI is InChI=1S/C13H10N2/c14-9-3-4-10-7-8-13(15)12-6-2-1-5-11(10)12/h1-8H,15H2. The second-order valence-electron chi connectivity index (χ2n) is 3.25. The number of nitriles is 1. The number of allylic oxidation sites excluding steroid dienone is 1. The van der Waals surface area contributed by atoms with Gasteiger partial charge in [0.25, 0.3) is 0 Å². The number of anilines is 1. The van der Waals surface area contributed by atoms with Crippen molar-refractivity contribution in [1.29, 1.82) is 5.26 Å². The van der Waals surface area contributed by atoms with Crippen molar-refractivity contribution in [2.45, 2.75) is 0 Å². The lowest BCUT2D eigenvalue weighted by Crippen LogP contribution is -1.88. The lowest BCUT2D eigenvalue weighted by atomic mass is 10.0. The topological polar surface area (TPSA) is 49.8 Å². The molecule has 0 spiro atoms. The summed E-state index contributed by atoms with van der Waals surface area (Å²) in [5.41, 5.74) is 7.64. The molecule has 0 amide bonds. The number of nitrogens with two attached hydrogens (primary N) is 1. The number of hydrogen-bond acceptors (Lipinski definition) is 2. The highest BCUT2D eigenvalue weighted by atomic mass is 14.5. The van der Waals surface area contributed by atoms with Gasteiger partial charge in [0.1, 0.15) is 0 Å². The van der Waals surface area contributed by atoms with E-state index in [-0.39, 0.29) is 0 Å². The molecule has 2 N–H and O–H groups in total. The van der Waals surface area contributed by atoms with Crippen molar-refractivity contribution in [2.75, 3.05) is 5.73 Å². The van der Waals surface area contributed by atoms with Crippen LogP contribution in [0.3, 0.4) is 0 Å². The van der Waals surface area contributed by atoms with E-state index in [9.17, 15) is 0 Å². The second-order valence-corrected chi connectivity index (χ2v) is 3.25. The fourth-order valence-corrected chi connectivity index (χ4v) is 1.62. The highest BCUT2D eigenvalue weighted by Crippen LogP contribution is 2.25. The van der Waals surface area contributed by atoms with Crippen LogP contribution in [-0.4, -0.2) is 0 Å². The molecule has 0 atom stereocenters. The molecule has 0 aromatic heterocycles. The SMILES string of the molecule is N#CC=Cc1ccc(N)c2ccccc12.